The lowest BCUT2D eigenvalue weighted by Crippen LogP contribution is -2.37. The summed E-state index contributed by atoms with van der Waals surface area (Å²) < 4.78 is 21.4. The number of para-hydroxylation sites is 1. The van der Waals surface area contributed by atoms with Crippen LogP contribution in [0, 0.1) is 5.82 Å². The highest BCUT2D eigenvalue weighted by atomic mass is 35.5. The fourth-order valence-electron chi connectivity index (χ4n) is 4.37. The third-order valence-corrected chi connectivity index (χ3v) is 6.19. The third-order valence-electron chi connectivity index (χ3n) is 5.90. The molecule has 1 atom stereocenters. The van der Waals surface area contributed by atoms with Gasteiger partial charge in [-0.1, -0.05) is 41.9 Å². The van der Waals surface area contributed by atoms with Gasteiger partial charge in [-0.15, -0.1) is 0 Å². The molecule has 0 saturated carbocycles. The standard InChI is InChI=1S/C27H23ClFN3O2/c1-2-34-21-12-9-18(10-13-21)26-25-8-5-15-31(25)24-7-4-3-6-19(24)17-32(26)27(33)30-20-11-14-23(29)22(28)16-20/h3-16,26H,2,17H2,1H3,(H,30,33)/t26-/m0/s1. The summed E-state index contributed by atoms with van der Waals surface area (Å²) in [6.45, 7) is 2.91. The van der Waals surface area contributed by atoms with Gasteiger partial charge in [0.05, 0.1) is 29.9 Å². The maximum atomic E-state index is 13.7. The number of ether oxygens (including phenoxy) is 1. The summed E-state index contributed by atoms with van der Waals surface area (Å²) in [4.78, 5) is 15.4. The van der Waals surface area contributed by atoms with Gasteiger partial charge in [-0.05, 0) is 66.6 Å². The van der Waals surface area contributed by atoms with Gasteiger partial charge in [0.2, 0.25) is 0 Å². The molecule has 1 aromatic heterocycles. The Bertz CT molecular complexity index is 1340. The fourth-order valence-corrected chi connectivity index (χ4v) is 4.55. The Morgan fingerprint density at radius 2 is 1.88 bits per heavy atom. The van der Waals surface area contributed by atoms with Crippen LogP contribution in [-0.2, 0) is 6.54 Å². The lowest BCUT2D eigenvalue weighted by molar-refractivity contribution is 0.194. The Morgan fingerprint density at radius 1 is 1.09 bits per heavy atom. The molecular weight excluding hydrogens is 453 g/mol. The summed E-state index contributed by atoms with van der Waals surface area (Å²) in [7, 11) is 0. The SMILES string of the molecule is CCOc1ccc([C@H]2c3cccn3-c3ccccc3CN2C(=O)Nc2ccc(F)c(Cl)c2)cc1. The molecule has 4 aromatic rings. The number of nitrogens with one attached hydrogen (secondary N) is 1. The van der Waals surface area contributed by atoms with E-state index in [1.54, 1.807) is 4.90 Å². The van der Waals surface area contributed by atoms with Crippen molar-refractivity contribution in [3.05, 3.63) is 113 Å². The predicted octanol–water partition coefficient (Wildman–Crippen LogP) is 6.81. The summed E-state index contributed by atoms with van der Waals surface area (Å²) in [6.07, 6.45) is 2.01. The number of urea groups is 1. The Labute approximate surface area is 202 Å². The highest BCUT2D eigenvalue weighted by molar-refractivity contribution is 6.31. The first kappa shape index (κ1) is 22.0. The van der Waals surface area contributed by atoms with E-state index in [0.29, 0.717) is 18.8 Å². The number of benzene rings is 3. The van der Waals surface area contributed by atoms with E-state index < -0.39 is 5.82 Å². The molecule has 0 fully saturated rings. The second-order valence-electron chi connectivity index (χ2n) is 8.02. The normalized spacial score (nSPS) is 14.7. The van der Waals surface area contributed by atoms with Crippen molar-refractivity contribution in [2.45, 2.75) is 19.5 Å². The summed E-state index contributed by atoms with van der Waals surface area (Å²) >= 11 is 5.94. The number of hydrogen-bond acceptors (Lipinski definition) is 2. The van der Waals surface area contributed by atoms with Crippen LogP contribution in [0.1, 0.15) is 29.8 Å². The molecule has 1 aliphatic heterocycles. The van der Waals surface area contributed by atoms with E-state index in [4.69, 9.17) is 16.3 Å². The molecule has 0 radical (unpaired) electrons. The molecule has 7 heteroatoms. The zero-order valence-corrected chi connectivity index (χ0v) is 19.3. The van der Waals surface area contributed by atoms with E-state index in [1.807, 2.05) is 67.7 Å². The summed E-state index contributed by atoms with van der Waals surface area (Å²) in [5, 5.41) is 2.85. The van der Waals surface area contributed by atoms with E-state index in [9.17, 15) is 9.18 Å². The lowest BCUT2D eigenvalue weighted by Gasteiger charge is -2.31. The van der Waals surface area contributed by atoms with Gasteiger partial charge in [0, 0.05) is 17.6 Å². The van der Waals surface area contributed by atoms with Crippen LogP contribution in [0.5, 0.6) is 5.75 Å². The van der Waals surface area contributed by atoms with Crippen LogP contribution in [-0.4, -0.2) is 22.1 Å². The van der Waals surface area contributed by atoms with Gasteiger partial charge in [-0.3, -0.25) is 0 Å². The molecule has 0 bridgehead atoms. The first-order valence-corrected chi connectivity index (χ1v) is 11.4. The van der Waals surface area contributed by atoms with Gasteiger partial charge >= 0.3 is 6.03 Å². The number of nitrogens with zero attached hydrogens (tertiary/aromatic N) is 2. The minimum Gasteiger partial charge on any atom is -0.494 e. The number of amides is 2. The van der Waals surface area contributed by atoms with Crippen molar-refractivity contribution in [3.8, 4) is 11.4 Å². The van der Waals surface area contributed by atoms with E-state index in [1.165, 1.54) is 18.2 Å². The van der Waals surface area contributed by atoms with Crippen molar-refractivity contribution in [1.82, 2.24) is 9.47 Å². The molecule has 0 unspecified atom stereocenters. The van der Waals surface area contributed by atoms with Crippen LogP contribution in [0.3, 0.4) is 0 Å². The average molecular weight is 476 g/mol. The predicted molar refractivity (Wildman–Crippen MR) is 131 cm³/mol. The zero-order chi connectivity index (χ0) is 23.7. The molecule has 5 nitrogen and oxygen atoms in total. The third kappa shape index (κ3) is 4.13. The van der Waals surface area contributed by atoms with Crippen LogP contribution in [0.2, 0.25) is 5.02 Å². The Kier molecular flexibility index (Phi) is 5.99. The molecule has 172 valence electrons. The minimum atomic E-state index is -0.534. The number of hydrogen-bond donors (Lipinski definition) is 1. The Morgan fingerprint density at radius 3 is 2.65 bits per heavy atom. The van der Waals surface area contributed by atoms with Crippen LogP contribution in [0.25, 0.3) is 5.69 Å². The van der Waals surface area contributed by atoms with Gasteiger partial charge in [0.1, 0.15) is 11.6 Å². The molecule has 2 heterocycles. The highest BCUT2D eigenvalue weighted by Gasteiger charge is 2.33. The monoisotopic (exact) mass is 475 g/mol. The number of rotatable bonds is 4. The zero-order valence-electron chi connectivity index (χ0n) is 18.5. The molecular formula is C27H23ClFN3O2. The van der Waals surface area contributed by atoms with Crippen LogP contribution < -0.4 is 10.1 Å². The first-order chi connectivity index (χ1) is 16.5. The van der Waals surface area contributed by atoms with Crippen molar-refractivity contribution in [2.75, 3.05) is 11.9 Å². The van der Waals surface area contributed by atoms with Crippen molar-refractivity contribution < 1.29 is 13.9 Å². The topological polar surface area (TPSA) is 46.5 Å². The van der Waals surface area contributed by atoms with Crippen molar-refractivity contribution in [3.63, 3.8) is 0 Å². The second-order valence-corrected chi connectivity index (χ2v) is 8.43. The number of anilines is 1. The molecule has 0 saturated heterocycles. The lowest BCUT2D eigenvalue weighted by atomic mass is 10.0. The number of carbonyl (C=O) groups excluding carboxylic acids is 1. The van der Waals surface area contributed by atoms with E-state index in [0.717, 1.165) is 28.3 Å². The molecule has 1 N–H and O–H groups in total. The van der Waals surface area contributed by atoms with Gasteiger partial charge in [-0.25, -0.2) is 9.18 Å². The van der Waals surface area contributed by atoms with E-state index in [-0.39, 0.29) is 17.1 Å². The van der Waals surface area contributed by atoms with Gasteiger partial charge in [-0.2, -0.15) is 0 Å². The number of fused-ring (bicyclic) bond motifs is 3. The number of carbonyl (C=O) groups is 1. The maximum Gasteiger partial charge on any atom is 0.322 e. The Hall–Kier alpha value is -3.77. The van der Waals surface area contributed by atoms with Crippen LogP contribution >= 0.6 is 11.6 Å². The van der Waals surface area contributed by atoms with Crippen LogP contribution in [0.4, 0.5) is 14.9 Å². The summed E-state index contributed by atoms with van der Waals surface area (Å²) in [5.41, 5.74) is 4.37. The molecule has 34 heavy (non-hydrogen) atoms. The average Bonchev–Trinajstić information content (AvgIpc) is 3.27. The molecule has 0 aliphatic carbocycles. The smallest absolute Gasteiger partial charge is 0.322 e. The molecule has 3 aromatic carbocycles. The second kappa shape index (κ2) is 9.23. The van der Waals surface area contributed by atoms with Gasteiger partial charge < -0.3 is 19.5 Å². The van der Waals surface area contributed by atoms with E-state index in [2.05, 4.69) is 16.0 Å². The fraction of sp³-hybridized carbons (Fsp3) is 0.148. The molecule has 0 spiro atoms. The summed E-state index contributed by atoms with van der Waals surface area (Å²) in [6, 6.07) is 23.3. The van der Waals surface area contributed by atoms with Gasteiger partial charge in [0.15, 0.2) is 0 Å². The van der Waals surface area contributed by atoms with Crippen molar-refractivity contribution in [1.29, 1.82) is 0 Å². The Balaban J connectivity index is 1.59. The van der Waals surface area contributed by atoms with Crippen molar-refractivity contribution in [2.24, 2.45) is 0 Å². The quantitative estimate of drug-likeness (QED) is 0.352. The number of halogens is 2. The molecule has 1 aliphatic rings. The van der Waals surface area contributed by atoms with Crippen molar-refractivity contribution >= 4 is 23.3 Å². The maximum absolute atomic E-state index is 13.7. The van der Waals surface area contributed by atoms with E-state index >= 15 is 0 Å². The van der Waals surface area contributed by atoms with Gasteiger partial charge in [0.25, 0.3) is 0 Å². The number of aromatic nitrogens is 1. The summed E-state index contributed by atoms with van der Waals surface area (Å²) in [5.74, 6) is 0.240. The first-order valence-electron chi connectivity index (χ1n) is 11.1. The largest absolute Gasteiger partial charge is 0.494 e. The van der Waals surface area contributed by atoms with Crippen LogP contribution in [0.15, 0.2) is 85.1 Å². The highest BCUT2D eigenvalue weighted by Crippen LogP contribution is 2.37. The minimum absolute atomic E-state index is 0.0454. The molecule has 5 rings (SSSR count). The molecule has 2 amide bonds.